The zero-order valence-corrected chi connectivity index (χ0v) is 19.3. The first-order chi connectivity index (χ1) is 15.4. The minimum absolute atomic E-state index is 0.114. The second kappa shape index (κ2) is 11.2. The molecule has 9 nitrogen and oxygen atoms in total. The average molecular weight is 463 g/mol. The van der Waals surface area contributed by atoms with Gasteiger partial charge in [0.1, 0.15) is 12.6 Å². The van der Waals surface area contributed by atoms with Gasteiger partial charge in [-0.15, -0.1) is 0 Å². The first kappa shape index (κ1) is 23.9. The quantitative estimate of drug-likeness (QED) is 0.601. The van der Waals surface area contributed by atoms with Gasteiger partial charge in [0.15, 0.2) is 0 Å². The summed E-state index contributed by atoms with van der Waals surface area (Å²) < 4.78 is 5.09. The number of piperidine rings is 1. The summed E-state index contributed by atoms with van der Waals surface area (Å²) >= 11 is 1.59. The SMILES string of the molecule is CCOC(=O)C1CCN(C(=O)C(CCSC)NC(=O)N2CC(=O)Nc3ccccc32)CC1. The molecule has 0 bridgehead atoms. The fourth-order valence-corrected chi connectivity index (χ4v) is 4.42. The van der Waals surface area contributed by atoms with Crippen molar-refractivity contribution in [3.63, 3.8) is 0 Å². The van der Waals surface area contributed by atoms with E-state index in [0.29, 0.717) is 56.1 Å². The van der Waals surface area contributed by atoms with Gasteiger partial charge in [-0.2, -0.15) is 11.8 Å². The Morgan fingerprint density at radius 2 is 1.97 bits per heavy atom. The summed E-state index contributed by atoms with van der Waals surface area (Å²) in [6.45, 7) is 2.90. The number of hydrogen-bond acceptors (Lipinski definition) is 6. The molecule has 10 heteroatoms. The number of esters is 1. The lowest BCUT2D eigenvalue weighted by Gasteiger charge is -2.35. The molecule has 0 aliphatic carbocycles. The topological polar surface area (TPSA) is 108 Å². The number of thioether (sulfide) groups is 1. The van der Waals surface area contributed by atoms with Crippen molar-refractivity contribution in [1.82, 2.24) is 10.2 Å². The molecule has 0 saturated carbocycles. The molecule has 1 aromatic carbocycles. The van der Waals surface area contributed by atoms with Gasteiger partial charge in [-0.05, 0) is 50.3 Å². The maximum absolute atomic E-state index is 13.2. The normalized spacial score (nSPS) is 17.2. The molecule has 32 heavy (non-hydrogen) atoms. The first-order valence-electron chi connectivity index (χ1n) is 10.9. The summed E-state index contributed by atoms with van der Waals surface area (Å²) in [6.07, 6.45) is 3.52. The predicted molar refractivity (Wildman–Crippen MR) is 124 cm³/mol. The molecule has 3 rings (SSSR count). The molecule has 0 radical (unpaired) electrons. The largest absolute Gasteiger partial charge is 0.466 e. The number of likely N-dealkylation sites (tertiary alicyclic amines) is 1. The van der Waals surface area contributed by atoms with E-state index in [1.54, 1.807) is 47.9 Å². The van der Waals surface area contributed by atoms with Gasteiger partial charge in [0.25, 0.3) is 0 Å². The first-order valence-corrected chi connectivity index (χ1v) is 12.2. The van der Waals surface area contributed by atoms with Crippen molar-refractivity contribution >= 4 is 47.0 Å². The van der Waals surface area contributed by atoms with Crippen LogP contribution in [0.1, 0.15) is 26.2 Å². The minimum atomic E-state index is -0.703. The van der Waals surface area contributed by atoms with Crippen LogP contribution in [0.5, 0.6) is 0 Å². The number of para-hydroxylation sites is 2. The van der Waals surface area contributed by atoms with Gasteiger partial charge in [-0.1, -0.05) is 12.1 Å². The van der Waals surface area contributed by atoms with Crippen LogP contribution >= 0.6 is 11.8 Å². The van der Waals surface area contributed by atoms with Crippen LogP contribution in [0.2, 0.25) is 0 Å². The van der Waals surface area contributed by atoms with Gasteiger partial charge in [-0.3, -0.25) is 19.3 Å². The molecule has 1 unspecified atom stereocenters. The summed E-state index contributed by atoms with van der Waals surface area (Å²) in [7, 11) is 0. The van der Waals surface area contributed by atoms with Crippen LogP contribution in [0.25, 0.3) is 0 Å². The maximum Gasteiger partial charge on any atom is 0.323 e. The molecule has 2 heterocycles. The van der Waals surface area contributed by atoms with E-state index in [2.05, 4.69) is 10.6 Å². The van der Waals surface area contributed by atoms with Crippen LogP contribution in [-0.2, 0) is 19.1 Å². The molecule has 174 valence electrons. The fraction of sp³-hybridized carbons (Fsp3) is 0.545. The Kier molecular flexibility index (Phi) is 8.38. The molecular formula is C22H30N4O5S. The Morgan fingerprint density at radius 1 is 1.25 bits per heavy atom. The van der Waals surface area contributed by atoms with E-state index in [1.807, 2.05) is 6.26 Å². The third-order valence-electron chi connectivity index (χ3n) is 5.65. The second-order valence-electron chi connectivity index (χ2n) is 7.79. The standard InChI is InChI=1S/C22H30N4O5S/c1-3-31-21(29)15-8-11-25(12-9-15)20(28)17(10-13-32-2)24-22(30)26-14-19(27)23-16-6-4-5-7-18(16)26/h4-7,15,17H,3,8-14H2,1-2H3,(H,23,27)(H,24,30). The second-order valence-corrected chi connectivity index (χ2v) is 8.77. The van der Waals surface area contributed by atoms with Crippen molar-refractivity contribution < 1.29 is 23.9 Å². The number of benzene rings is 1. The van der Waals surface area contributed by atoms with Crippen molar-refractivity contribution in [2.45, 2.75) is 32.2 Å². The molecule has 1 atom stereocenters. The molecule has 1 saturated heterocycles. The van der Waals surface area contributed by atoms with E-state index in [0.717, 1.165) is 0 Å². The van der Waals surface area contributed by atoms with E-state index < -0.39 is 12.1 Å². The molecule has 1 aromatic rings. The summed E-state index contributed by atoms with van der Waals surface area (Å²) in [5.74, 6) is -0.153. The number of rotatable bonds is 7. The van der Waals surface area contributed by atoms with Crippen LogP contribution in [0, 0.1) is 5.92 Å². The number of nitrogens with zero attached hydrogens (tertiary/aromatic N) is 2. The van der Waals surface area contributed by atoms with Crippen molar-refractivity contribution in [2.24, 2.45) is 5.92 Å². The van der Waals surface area contributed by atoms with Crippen molar-refractivity contribution in [2.75, 3.05) is 48.5 Å². The van der Waals surface area contributed by atoms with Gasteiger partial charge in [-0.25, -0.2) is 4.79 Å². The zero-order valence-electron chi connectivity index (χ0n) is 18.5. The van der Waals surface area contributed by atoms with Gasteiger partial charge >= 0.3 is 12.0 Å². The van der Waals surface area contributed by atoms with E-state index in [9.17, 15) is 19.2 Å². The summed E-state index contributed by atoms with van der Waals surface area (Å²) in [5, 5.41) is 5.60. The number of ether oxygens (including phenoxy) is 1. The van der Waals surface area contributed by atoms with Crippen LogP contribution in [-0.4, -0.2) is 73.0 Å². The average Bonchev–Trinajstić information content (AvgIpc) is 2.80. The highest BCUT2D eigenvalue weighted by molar-refractivity contribution is 7.98. The van der Waals surface area contributed by atoms with Crippen LogP contribution in [0.3, 0.4) is 0 Å². The number of hydrogen-bond donors (Lipinski definition) is 2. The Balaban J connectivity index is 1.66. The highest BCUT2D eigenvalue weighted by Gasteiger charge is 2.34. The highest BCUT2D eigenvalue weighted by Crippen LogP contribution is 2.29. The molecule has 1 fully saturated rings. The summed E-state index contributed by atoms with van der Waals surface area (Å²) in [4.78, 5) is 53.4. The Labute approximate surface area is 192 Å². The zero-order chi connectivity index (χ0) is 23.1. The molecule has 2 aliphatic rings. The molecule has 0 aromatic heterocycles. The van der Waals surface area contributed by atoms with Crippen LogP contribution in [0.4, 0.5) is 16.2 Å². The van der Waals surface area contributed by atoms with E-state index in [-0.39, 0.29) is 30.2 Å². The predicted octanol–water partition coefficient (Wildman–Crippen LogP) is 2.08. The number of anilines is 2. The third-order valence-corrected chi connectivity index (χ3v) is 6.29. The summed E-state index contributed by atoms with van der Waals surface area (Å²) in [5.41, 5.74) is 1.16. The lowest BCUT2D eigenvalue weighted by atomic mass is 9.96. The fourth-order valence-electron chi connectivity index (χ4n) is 3.95. The number of nitrogens with one attached hydrogen (secondary N) is 2. The molecular weight excluding hydrogens is 432 g/mol. The van der Waals surface area contributed by atoms with Crippen LogP contribution < -0.4 is 15.5 Å². The van der Waals surface area contributed by atoms with Crippen molar-refractivity contribution in [3.8, 4) is 0 Å². The number of amides is 4. The maximum atomic E-state index is 13.2. The Bertz CT molecular complexity index is 856. The van der Waals surface area contributed by atoms with Gasteiger partial charge in [0.2, 0.25) is 11.8 Å². The Hall–Kier alpha value is -2.75. The molecule has 4 amide bonds. The minimum Gasteiger partial charge on any atom is -0.466 e. The number of fused-ring (bicyclic) bond motifs is 1. The number of carbonyl (C=O) groups is 4. The van der Waals surface area contributed by atoms with Gasteiger partial charge < -0.3 is 20.3 Å². The van der Waals surface area contributed by atoms with Crippen molar-refractivity contribution in [3.05, 3.63) is 24.3 Å². The number of carbonyl (C=O) groups excluding carboxylic acids is 4. The smallest absolute Gasteiger partial charge is 0.323 e. The van der Waals surface area contributed by atoms with Crippen LogP contribution in [0.15, 0.2) is 24.3 Å². The third kappa shape index (κ3) is 5.73. The Morgan fingerprint density at radius 3 is 2.66 bits per heavy atom. The summed E-state index contributed by atoms with van der Waals surface area (Å²) in [6, 6.07) is 5.88. The van der Waals surface area contributed by atoms with Gasteiger partial charge in [0, 0.05) is 13.1 Å². The van der Waals surface area contributed by atoms with Gasteiger partial charge in [0.05, 0.1) is 23.9 Å². The lowest BCUT2D eigenvalue weighted by Crippen LogP contribution is -2.55. The van der Waals surface area contributed by atoms with E-state index in [1.165, 1.54) is 4.90 Å². The van der Waals surface area contributed by atoms with E-state index in [4.69, 9.17) is 4.74 Å². The molecule has 2 aliphatic heterocycles. The molecule has 0 spiro atoms. The highest BCUT2D eigenvalue weighted by atomic mass is 32.2. The van der Waals surface area contributed by atoms with Crippen molar-refractivity contribution in [1.29, 1.82) is 0 Å². The lowest BCUT2D eigenvalue weighted by molar-refractivity contribution is -0.151. The number of urea groups is 1. The monoisotopic (exact) mass is 462 g/mol. The van der Waals surface area contributed by atoms with E-state index >= 15 is 0 Å². The molecule has 2 N–H and O–H groups in total.